The van der Waals surface area contributed by atoms with Crippen molar-refractivity contribution in [3.8, 4) is 0 Å². The first-order valence-electron chi connectivity index (χ1n) is 5.87. The molecule has 0 bridgehead atoms. The maximum absolute atomic E-state index is 2.41. The topological polar surface area (TPSA) is 0 Å². The van der Waals surface area contributed by atoms with E-state index in [1.807, 2.05) is 0 Å². The van der Waals surface area contributed by atoms with Gasteiger partial charge >= 0.3 is 0 Å². The smallest absolute Gasteiger partial charge is 0.0383 e. The molecule has 0 aromatic rings. The van der Waals surface area contributed by atoms with Crippen LogP contribution in [0.1, 0.15) is 67.2 Å². The van der Waals surface area contributed by atoms with Gasteiger partial charge < -0.3 is 0 Å². The van der Waals surface area contributed by atoms with Crippen molar-refractivity contribution in [2.24, 2.45) is 17.3 Å². The van der Waals surface area contributed by atoms with Gasteiger partial charge in [-0.3, -0.25) is 0 Å². The lowest BCUT2D eigenvalue weighted by Gasteiger charge is -2.24. The van der Waals surface area contributed by atoms with Gasteiger partial charge in [0, 0.05) is 0 Å². The predicted molar refractivity (Wildman–Crippen MR) is 61.9 cm³/mol. The van der Waals surface area contributed by atoms with Crippen LogP contribution in [0.15, 0.2) is 0 Å². The summed E-state index contributed by atoms with van der Waals surface area (Å²) in [7, 11) is 0. The van der Waals surface area contributed by atoms with Gasteiger partial charge in [-0.25, -0.2) is 0 Å². The van der Waals surface area contributed by atoms with Crippen molar-refractivity contribution >= 4 is 0 Å². The molecule has 0 aromatic carbocycles. The highest BCUT2D eigenvalue weighted by Gasteiger charge is 2.16. The second-order valence-electron chi connectivity index (χ2n) is 5.84. The molecule has 13 heavy (non-hydrogen) atoms. The second kappa shape index (κ2) is 5.67. The van der Waals surface area contributed by atoms with Gasteiger partial charge in [0.05, 0.1) is 0 Å². The van der Waals surface area contributed by atoms with Gasteiger partial charge in [0.2, 0.25) is 0 Å². The molecule has 0 N–H and O–H groups in total. The molecule has 80 valence electrons. The van der Waals surface area contributed by atoms with Crippen LogP contribution in [0.4, 0.5) is 0 Å². The molecule has 0 heteroatoms. The van der Waals surface area contributed by atoms with E-state index in [0.29, 0.717) is 5.41 Å². The zero-order valence-electron chi connectivity index (χ0n) is 10.5. The molecule has 2 atom stereocenters. The lowest BCUT2D eigenvalue weighted by atomic mass is 9.82. The maximum atomic E-state index is 2.41. The first kappa shape index (κ1) is 13.0. The Bertz CT molecular complexity index is 118. The molecule has 2 unspecified atom stereocenters. The van der Waals surface area contributed by atoms with Crippen LogP contribution in [0.5, 0.6) is 0 Å². The summed E-state index contributed by atoms with van der Waals surface area (Å²) in [4.78, 5) is 0. The molecular formula is C13H28. The fourth-order valence-corrected chi connectivity index (χ4v) is 1.69. The van der Waals surface area contributed by atoms with Gasteiger partial charge in [0.25, 0.3) is 0 Å². The van der Waals surface area contributed by atoms with Crippen LogP contribution in [0.2, 0.25) is 0 Å². The Labute approximate surface area is 85.1 Å². The van der Waals surface area contributed by atoms with Crippen LogP contribution < -0.4 is 0 Å². The van der Waals surface area contributed by atoms with Crippen molar-refractivity contribution in [1.29, 1.82) is 0 Å². The summed E-state index contributed by atoms with van der Waals surface area (Å²) < 4.78 is 0. The van der Waals surface area contributed by atoms with E-state index in [2.05, 4.69) is 41.5 Å². The van der Waals surface area contributed by atoms with Crippen molar-refractivity contribution in [2.45, 2.75) is 67.2 Å². The Morgan fingerprint density at radius 2 is 1.38 bits per heavy atom. The van der Waals surface area contributed by atoms with Crippen LogP contribution in [0, 0.1) is 17.3 Å². The molecule has 0 rings (SSSR count). The standard InChI is InChI=1S/C13H28/c1-7-8-11(2)12(3)9-10-13(4,5)6/h11-12H,7-10H2,1-6H3. The summed E-state index contributed by atoms with van der Waals surface area (Å²) >= 11 is 0. The minimum atomic E-state index is 0.514. The van der Waals surface area contributed by atoms with E-state index in [-0.39, 0.29) is 0 Å². The first-order valence-corrected chi connectivity index (χ1v) is 5.87. The summed E-state index contributed by atoms with van der Waals surface area (Å²) in [5, 5.41) is 0. The summed E-state index contributed by atoms with van der Waals surface area (Å²) in [5.74, 6) is 1.81. The lowest BCUT2D eigenvalue weighted by Crippen LogP contribution is -2.12. The molecule has 0 aliphatic heterocycles. The van der Waals surface area contributed by atoms with E-state index in [0.717, 1.165) is 11.8 Å². The van der Waals surface area contributed by atoms with Gasteiger partial charge in [-0.05, 0) is 30.1 Å². The Morgan fingerprint density at radius 1 is 0.923 bits per heavy atom. The zero-order chi connectivity index (χ0) is 10.5. The van der Waals surface area contributed by atoms with E-state index >= 15 is 0 Å². The lowest BCUT2D eigenvalue weighted by molar-refractivity contribution is 0.275. The van der Waals surface area contributed by atoms with Crippen molar-refractivity contribution in [3.63, 3.8) is 0 Å². The molecule has 0 radical (unpaired) electrons. The molecule has 0 spiro atoms. The molecular weight excluding hydrogens is 156 g/mol. The van der Waals surface area contributed by atoms with Crippen LogP contribution >= 0.6 is 0 Å². The monoisotopic (exact) mass is 184 g/mol. The zero-order valence-corrected chi connectivity index (χ0v) is 10.5. The van der Waals surface area contributed by atoms with Crippen LogP contribution in [0.3, 0.4) is 0 Å². The quantitative estimate of drug-likeness (QED) is 0.571. The van der Waals surface area contributed by atoms with Gasteiger partial charge in [0.1, 0.15) is 0 Å². The molecule has 0 saturated heterocycles. The van der Waals surface area contributed by atoms with Crippen LogP contribution in [-0.4, -0.2) is 0 Å². The molecule has 0 heterocycles. The molecule has 0 fully saturated rings. The average Bonchev–Trinajstić information content (AvgIpc) is 1.99. The third kappa shape index (κ3) is 7.10. The SMILES string of the molecule is CCCC(C)C(C)CCC(C)(C)C. The number of hydrogen-bond donors (Lipinski definition) is 0. The van der Waals surface area contributed by atoms with Gasteiger partial charge in [0.15, 0.2) is 0 Å². The minimum Gasteiger partial charge on any atom is -0.0654 e. The fourth-order valence-electron chi connectivity index (χ4n) is 1.69. The highest BCUT2D eigenvalue weighted by Crippen LogP contribution is 2.28. The number of hydrogen-bond acceptors (Lipinski definition) is 0. The average molecular weight is 184 g/mol. The maximum Gasteiger partial charge on any atom is -0.0383 e. The van der Waals surface area contributed by atoms with E-state index in [4.69, 9.17) is 0 Å². The highest BCUT2D eigenvalue weighted by atomic mass is 14.2. The molecule has 0 nitrogen and oxygen atoms in total. The second-order valence-corrected chi connectivity index (χ2v) is 5.84. The van der Waals surface area contributed by atoms with Crippen molar-refractivity contribution < 1.29 is 0 Å². The molecule has 0 amide bonds. The van der Waals surface area contributed by atoms with E-state index in [1.165, 1.54) is 25.7 Å². The Hall–Kier alpha value is 0. The van der Waals surface area contributed by atoms with Crippen molar-refractivity contribution in [3.05, 3.63) is 0 Å². The third-order valence-electron chi connectivity index (χ3n) is 3.07. The van der Waals surface area contributed by atoms with Gasteiger partial charge in [-0.2, -0.15) is 0 Å². The number of rotatable bonds is 5. The largest absolute Gasteiger partial charge is 0.0654 e. The summed E-state index contributed by atoms with van der Waals surface area (Å²) in [6, 6.07) is 0. The third-order valence-corrected chi connectivity index (χ3v) is 3.07. The molecule has 0 aromatic heterocycles. The Balaban J connectivity index is 3.67. The van der Waals surface area contributed by atoms with E-state index in [1.54, 1.807) is 0 Å². The van der Waals surface area contributed by atoms with Crippen LogP contribution in [0.25, 0.3) is 0 Å². The highest BCUT2D eigenvalue weighted by molar-refractivity contribution is 4.67. The van der Waals surface area contributed by atoms with Gasteiger partial charge in [-0.15, -0.1) is 0 Å². The Kier molecular flexibility index (Phi) is 5.67. The summed E-state index contributed by atoms with van der Waals surface area (Å²) in [5.41, 5.74) is 0.514. The molecule has 0 aliphatic carbocycles. The molecule has 0 aliphatic rings. The van der Waals surface area contributed by atoms with Gasteiger partial charge in [-0.1, -0.05) is 54.4 Å². The summed E-state index contributed by atoms with van der Waals surface area (Å²) in [6.45, 7) is 14.1. The van der Waals surface area contributed by atoms with Crippen LogP contribution in [-0.2, 0) is 0 Å². The summed E-state index contributed by atoms with van der Waals surface area (Å²) in [6.07, 6.45) is 5.49. The normalized spacial score (nSPS) is 17.1. The first-order chi connectivity index (χ1) is 5.87. The van der Waals surface area contributed by atoms with Crippen molar-refractivity contribution in [2.75, 3.05) is 0 Å². The van der Waals surface area contributed by atoms with E-state index < -0.39 is 0 Å². The Morgan fingerprint density at radius 3 is 1.77 bits per heavy atom. The fraction of sp³-hybridized carbons (Fsp3) is 1.00. The van der Waals surface area contributed by atoms with E-state index in [9.17, 15) is 0 Å². The molecule has 0 saturated carbocycles. The van der Waals surface area contributed by atoms with Crippen molar-refractivity contribution in [1.82, 2.24) is 0 Å². The minimum absolute atomic E-state index is 0.514. The predicted octanol–water partition coefficient (Wildman–Crippen LogP) is 4.89.